The molecule has 6 nitrogen and oxygen atoms in total. The Bertz CT molecular complexity index is 265. The molecule has 1 amide bonds. The van der Waals surface area contributed by atoms with Crippen molar-refractivity contribution < 1.29 is 14.7 Å². The number of nitrogens with one attached hydrogen (secondary N) is 1. The van der Waals surface area contributed by atoms with Crippen molar-refractivity contribution >= 4 is 11.7 Å². The summed E-state index contributed by atoms with van der Waals surface area (Å²) in [6.45, 7) is 4.55. The van der Waals surface area contributed by atoms with Gasteiger partial charge in [0.2, 0.25) is 5.91 Å². The first-order valence-electron chi connectivity index (χ1n) is 5.72. The molecular formula is C11H23N3O3. The van der Waals surface area contributed by atoms with Gasteiger partial charge < -0.3 is 21.0 Å². The molecule has 100 valence electrons. The average molecular weight is 245 g/mol. The zero-order valence-electron chi connectivity index (χ0n) is 10.8. The summed E-state index contributed by atoms with van der Waals surface area (Å²) < 4.78 is 4.92. The van der Waals surface area contributed by atoms with Gasteiger partial charge in [-0.2, -0.15) is 0 Å². The highest BCUT2D eigenvalue weighted by Crippen LogP contribution is 2.15. The van der Waals surface area contributed by atoms with Crippen LogP contribution in [0.2, 0.25) is 0 Å². The second kappa shape index (κ2) is 7.89. The zero-order chi connectivity index (χ0) is 13.3. The van der Waals surface area contributed by atoms with Crippen LogP contribution in [0, 0.1) is 5.41 Å². The van der Waals surface area contributed by atoms with E-state index in [1.165, 1.54) is 0 Å². The maximum absolute atomic E-state index is 11.7. The standard InChI is InChI=1S/C11H23N3O3/c1-11(2,9(12)14-16)10(15)13-7-5-4-6-8-17-3/h16H,4-8H2,1-3H3,(H2,12,14)(H,13,15). The lowest BCUT2D eigenvalue weighted by molar-refractivity contribution is -0.126. The lowest BCUT2D eigenvalue weighted by Crippen LogP contribution is -2.46. The normalized spacial score (nSPS) is 12.5. The smallest absolute Gasteiger partial charge is 0.233 e. The highest BCUT2D eigenvalue weighted by atomic mass is 16.5. The SMILES string of the molecule is COCCCCCNC(=O)C(C)(C)C(N)=NO. The quantitative estimate of drug-likeness (QED) is 0.193. The van der Waals surface area contributed by atoms with Crippen molar-refractivity contribution in [3.63, 3.8) is 0 Å². The van der Waals surface area contributed by atoms with E-state index >= 15 is 0 Å². The Hall–Kier alpha value is -1.30. The number of unbranched alkanes of at least 4 members (excludes halogenated alkanes) is 2. The molecule has 4 N–H and O–H groups in total. The number of amides is 1. The summed E-state index contributed by atoms with van der Waals surface area (Å²) in [7, 11) is 1.67. The van der Waals surface area contributed by atoms with Gasteiger partial charge >= 0.3 is 0 Å². The van der Waals surface area contributed by atoms with Gasteiger partial charge in [-0.1, -0.05) is 5.16 Å². The van der Waals surface area contributed by atoms with Crippen molar-refractivity contribution in [2.75, 3.05) is 20.3 Å². The molecule has 0 saturated carbocycles. The number of nitrogens with zero attached hydrogens (tertiary/aromatic N) is 1. The van der Waals surface area contributed by atoms with Gasteiger partial charge in [-0.25, -0.2) is 0 Å². The van der Waals surface area contributed by atoms with E-state index in [0.717, 1.165) is 25.9 Å². The number of hydrogen-bond acceptors (Lipinski definition) is 4. The summed E-state index contributed by atoms with van der Waals surface area (Å²) in [5, 5.41) is 14.2. The predicted molar refractivity (Wildman–Crippen MR) is 65.9 cm³/mol. The fourth-order valence-corrected chi connectivity index (χ4v) is 1.21. The van der Waals surface area contributed by atoms with E-state index in [2.05, 4.69) is 10.5 Å². The highest BCUT2D eigenvalue weighted by Gasteiger charge is 2.32. The molecule has 17 heavy (non-hydrogen) atoms. The number of oxime groups is 1. The molecule has 0 aromatic rings. The van der Waals surface area contributed by atoms with Gasteiger partial charge in [-0.05, 0) is 33.1 Å². The predicted octanol–water partition coefficient (Wildman–Crippen LogP) is 0.692. The van der Waals surface area contributed by atoms with E-state index in [1.807, 2.05) is 0 Å². The Morgan fingerprint density at radius 1 is 1.41 bits per heavy atom. The van der Waals surface area contributed by atoms with E-state index in [9.17, 15) is 4.79 Å². The number of methoxy groups -OCH3 is 1. The third-order valence-electron chi connectivity index (χ3n) is 2.63. The van der Waals surface area contributed by atoms with E-state index in [1.54, 1.807) is 21.0 Å². The number of ether oxygens (including phenoxy) is 1. The molecule has 0 spiro atoms. The summed E-state index contributed by atoms with van der Waals surface area (Å²) in [4.78, 5) is 11.7. The molecule has 0 aromatic heterocycles. The number of hydrogen-bond donors (Lipinski definition) is 3. The number of rotatable bonds is 8. The maximum Gasteiger partial charge on any atom is 0.233 e. The lowest BCUT2D eigenvalue weighted by atomic mass is 9.91. The van der Waals surface area contributed by atoms with Crippen molar-refractivity contribution in [3.8, 4) is 0 Å². The molecule has 0 bridgehead atoms. The lowest BCUT2D eigenvalue weighted by Gasteiger charge is -2.21. The molecule has 0 aliphatic rings. The van der Waals surface area contributed by atoms with Gasteiger partial charge in [0.1, 0.15) is 5.41 Å². The number of nitrogens with two attached hydrogens (primary N) is 1. The average Bonchev–Trinajstić information content (AvgIpc) is 2.31. The number of carbonyl (C=O) groups excluding carboxylic acids is 1. The Kier molecular flexibility index (Phi) is 7.29. The molecule has 0 atom stereocenters. The van der Waals surface area contributed by atoms with Crippen LogP contribution in [0.4, 0.5) is 0 Å². The first-order valence-corrected chi connectivity index (χ1v) is 5.72. The fraction of sp³-hybridized carbons (Fsp3) is 0.818. The Labute approximate surface area is 102 Å². The van der Waals surface area contributed by atoms with Gasteiger partial charge in [0, 0.05) is 20.3 Å². The molecule has 0 aromatic carbocycles. The summed E-state index contributed by atoms with van der Waals surface area (Å²) in [5.41, 5.74) is 4.46. The van der Waals surface area contributed by atoms with Gasteiger partial charge in [-0.3, -0.25) is 4.79 Å². The molecule has 0 heterocycles. The first-order chi connectivity index (χ1) is 7.96. The minimum Gasteiger partial charge on any atom is -0.409 e. The summed E-state index contributed by atoms with van der Waals surface area (Å²) in [6.07, 6.45) is 2.87. The van der Waals surface area contributed by atoms with Crippen molar-refractivity contribution in [2.24, 2.45) is 16.3 Å². The maximum atomic E-state index is 11.7. The minimum absolute atomic E-state index is 0.0885. The molecule has 0 saturated heterocycles. The zero-order valence-corrected chi connectivity index (χ0v) is 10.8. The second-order valence-electron chi connectivity index (χ2n) is 4.42. The van der Waals surface area contributed by atoms with E-state index < -0.39 is 5.41 Å². The van der Waals surface area contributed by atoms with Crippen molar-refractivity contribution in [1.29, 1.82) is 0 Å². The van der Waals surface area contributed by atoms with E-state index in [0.29, 0.717) is 6.54 Å². The molecule has 0 rings (SSSR count). The van der Waals surface area contributed by atoms with Crippen LogP contribution in [0.15, 0.2) is 5.16 Å². The van der Waals surface area contributed by atoms with Crippen molar-refractivity contribution in [2.45, 2.75) is 33.1 Å². The van der Waals surface area contributed by atoms with Gasteiger partial charge in [0.15, 0.2) is 5.84 Å². The van der Waals surface area contributed by atoms with Gasteiger partial charge in [0.05, 0.1) is 0 Å². The third kappa shape index (κ3) is 5.53. The van der Waals surface area contributed by atoms with Crippen LogP contribution < -0.4 is 11.1 Å². The fourth-order valence-electron chi connectivity index (χ4n) is 1.21. The molecule has 6 heteroatoms. The topological polar surface area (TPSA) is 96.9 Å². The van der Waals surface area contributed by atoms with Gasteiger partial charge in [0.25, 0.3) is 0 Å². The summed E-state index contributed by atoms with van der Waals surface area (Å²) in [6, 6.07) is 0. The van der Waals surface area contributed by atoms with Crippen LogP contribution in [-0.4, -0.2) is 37.2 Å². The van der Waals surface area contributed by atoms with Crippen molar-refractivity contribution in [3.05, 3.63) is 0 Å². The van der Waals surface area contributed by atoms with Crippen LogP contribution >= 0.6 is 0 Å². The Balaban J connectivity index is 3.86. The molecule has 0 aliphatic heterocycles. The molecule has 0 fully saturated rings. The number of amidine groups is 1. The Morgan fingerprint density at radius 2 is 2.06 bits per heavy atom. The van der Waals surface area contributed by atoms with Crippen LogP contribution in [0.5, 0.6) is 0 Å². The highest BCUT2D eigenvalue weighted by molar-refractivity contribution is 6.05. The second-order valence-corrected chi connectivity index (χ2v) is 4.42. The molecule has 0 radical (unpaired) electrons. The summed E-state index contributed by atoms with van der Waals surface area (Å²) in [5.74, 6) is -0.325. The van der Waals surface area contributed by atoms with Crippen LogP contribution in [0.1, 0.15) is 33.1 Å². The third-order valence-corrected chi connectivity index (χ3v) is 2.63. The molecular weight excluding hydrogens is 222 g/mol. The van der Waals surface area contributed by atoms with E-state index in [4.69, 9.17) is 15.7 Å². The summed E-state index contributed by atoms with van der Waals surface area (Å²) >= 11 is 0. The molecule has 0 aliphatic carbocycles. The van der Waals surface area contributed by atoms with E-state index in [-0.39, 0.29) is 11.7 Å². The monoisotopic (exact) mass is 245 g/mol. The number of carbonyl (C=O) groups is 1. The van der Waals surface area contributed by atoms with Gasteiger partial charge in [-0.15, -0.1) is 0 Å². The first kappa shape index (κ1) is 15.7. The van der Waals surface area contributed by atoms with Crippen LogP contribution in [0.3, 0.4) is 0 Å². The molecule has 0 unspecified atom stereocenters. The minimum atomic E-state index is -0.985. The van der Waals surface area contributed by atoms with Crippen molar-refractivity contribution in [1.82, 2.24) is 5.32 Å². The largest absolute Gasteiger partial charge is 0.409 e. The van der Waals surface area contributed by atoms with Crippen LogP contribution in [0.25, 0.3) is 0 Å². The van der Waals surface area contributed by atoms with Crippen LogP contribution in [-0.2, 0) is 9.53 Å². The Morgan fingerprint density at radius 3 is 2.59 bits per heavy atom.